The molecule has 0 saturated carbocycles. The van der Waals surface area contributed by atoms with Gasteiger partial charge in [0.25, 0.3) is 0 Å². The normalized spacial score (nSPS) is 32.4. The van der Waals surface area contributed by atoms with E-state index in [9.17, 15) is 0 Å². The van der Waals surface area contributed by atoms with Crippen LogP contribution in [0, 0.1) is 5.41 Å². The fourth-order valence-corrected chi connectivity index (χ4v) is 4.22. The van der Waals surface area contributed by atoms with Crippen LogP contribution in [0.15, 0.2) is 24.3 Å². The molecule has 2 saturated heterocycles. The van der Waals surface area contributed by atoms with Crippen molar-refractivity contribution in [3.8, 4) is 0 Å². The quantitative estimate of drug-likeness (QED) is 0.808. The number of likely N-dealkylation sites (tertiary alicyclic amines) is 1. The Morgan fingerprint density at radius 2 is 1.89 bits per heavy atom. The van der Waals surface area contributed by atoms with Crippen LogP contribution >= 0.6 is 0 Å². The maximum Gasteiger partial charge on any atom is 0.0176 e. The molecular weight excluding hydrogens is 220 g/mol. The zero-order valence-electron chi connectivity index (χ0n) is 11.0. The first kappa shape index (κ1) is 11.0. The lowest BCUT2D eigenvalue weighted by Crippen LogP contribution is -2.36. The summed E-state index contributed by atoms with van der Waals surface area (Å²) in [4.78, 5) is 2.77. The summed E-state index contributed by atoms with van der Waals surface area (Å²) in [6.45, 7) is 5.14. The highest BCUT2D eigenvalue weighted by atomic mass is 15.2. The van der Waals surface area contributed by atoms with Crippen LogP contribution in [0.5, 0.6) is 0 Å². The van der Waals surface area contributed by atoms with Gasteiger partial charge < -0.3 is 5.32 Å². The Bertz CT molecular complexity index is 423. The first-order valence-electron chi connectivity index (χ1n) is 7.36. The van der Waals surface area contributed by atoms with Gasteiger partial charge in [0.05, 0.1) is 0 Å². The second kappa shape index (κ2) is 4.07. The minimum absolute atomic E-state index is 0.620. The Kier molecular flexibility index (Phi) is 2.49. The van der Waals surface area contributed by atoms with Crippen LogP contribution in [0.4, 0.5) is 0 Å². The standard InChI is InChI=1S/C16H22N2/c1-2-4-14-10-15(9-13(14)3-1)18-8-6-16(12-18)5-7-17-11-16/h1-4,15,17H,5-12H2. The predicted octanol–water partition coefficient (Wildman–Crippen LogP) is 1.84. The van der Waals surface area contributed by atoms with Crippen molar-refractivity contribution < 1.29 is 0 Å². The van der Waals surface area contributed by atoms with Crippen LogP contribution in [0.1, 0.15) is 24.0 Å². The average molecular weight is 242 g/mol. The number of nitrogens with one attached hydrogen (secondary N) is 1. The second-order valence-corrected chi connectivity index (χ2v) is 6.48. The van der Waals surface area contributed by atoms with Gasteiger partial charge >= 0.3 is 0 Å². The van der Waals surface area contributed by atoms with Gasteiger partial charge in [0.2, 0.25) is 0 Å². The van der Waals surface area contributed by atoms with Gasteiger partial charge in [0.1, 0.15) is 0 Å². The van der Waals surface area contributed by atoms with Crippen molar-refractivity contribution in [2.75, 3.05) is 26.2 Å². The average Bonchev–Trinajstić information content (AvgIpc) is 3.10. The number of nitrogens with zero attached hydrogens (tertiary/aromatic N) is 1. The number of benzene rings is 1. The summed E-state index contributed by atoms with van der Waals surface area (Å²) in [6.07, 6.45) is 5.36. The van der Waals surface area contributed by atoms with Crippen molar-refractivity contribution in [3.63, 3.8) is 0 Å². The molecule has 1 spiro atoms. The third-order valence-corrected chi connectivity index (χ3v) is 5.35. The minimum atomic E-state index is 0.620. The zero-order valence-corrected chi connectivity index (χ0v) is 11.0. The second-order valence-electron chi connectivity index (χ2n) is 6.48. The monoisotopic (exact) mass is 242 g/mol. The molecule has 0 bridgehead atoms. The van der Waals surface area contributed by atoms with Crippen molar-refractivity contribution in [2.24, 2.45) is 5.41 Å². The minimum Gasteiger partial charge on any atom is -0.316 e. The van der Waals surface area contributed by atoms with E-state index in [0.29, 0.717) is 5.41 Å². The summed E-state index contributed by atoms with van der Waals surface area (Å²) in [6, 6.07) is 9.79. The summed E-state index contributed by atoms with van der Waals surface area (Å²) in [5.41, 5.74) is 3.80. The third kappa shape index (κ3) is 1.70. The molecule has 2 heteroatoms. The lowest BCUT2D eigenvalue weighted by Gasteiger charge is -2.27. The fraction of sp³-hybridized carbons (Fsp3) is 0.625. The largest absolute Gasteiger partial charge is 0.316 e. The van der Waals surface area contributed by atoms with Crippen molar-refractivity contribution in [3.05, 3.63) is 35.4 Å². The molecule has 1 unspecified atom stereocenters. The highest BCUT2D eigenvalue weighted by Crippen LogP contribution is 2.39. The molecule has 1 aromatic carbocycles. The lowest BCUT2D eigenvalue weighted by molar-refractivity contribution is 0.215. The van der Waals surface area contributed by atoms with Crippen molar-refractivity contribution in [1.82, 2.24) is 10.2 Å². The number of fused-ring (bicyclic) bond motifs is 1. The molecule has 96 valence electrons. The predicted molar refractivity (Wildman–Crippen MR) is 73.7 cm³/mol. The highest BCUT2D eigenvalue weighted by Gasteiger charge is 2.42. The van der Waals surface area contributed by atoms with Crippen LogP contribution in [-0.2, 0) is 12.8 Å². The first-order chi connectivity index (χ1) is 8.85. The molecular formula is C16H22N2. The first-order valence-corrected chi connectivity index (χ1v) is 7.36. The van der Waals surface area contributed by atoms with E-state index in [4.69, 9.17) is 0 Å². The van der Waals surface area contributed by atoms with Gasteiger partial charge in [0, 0.05) is 19.1 Å². The maximum atomic E-state index is 3.56. The molecule has 0 aromatic heterocycles. The molecule has 3 aliphatic rings. The van der Waals surface area contributed by atoms with Crippen molar-refractivity contribution in [2.45, 2.75) is 31.7 Å². The van der Waals surface area contributed by atoms with E-state index in [1.807, 2.05) is 0 Å². The van der Waals surface area contributed by atoms with Gasteiger partial charge in [-0.15, -0.1) is 0 Å². The number of hydrogen-bond acceptors (Lipinski definition) is 2. The van der Waals surface area contributed by atoms with E-state index in [1.54, 1.807) is 11.1 Å². The van der Waals surface area contributed by atoms with Crippen LogP contribution in [-0.4, -0.2) is 37.1 Å². The third-order valence-electron chi connectivity index (χ3n) is 5.35. The van der Waals surface area contributed by atoms with E-state index >= 15 is 0 Å². The molecule has 1 N–H and O–H groups in total. The molecule has 0 radical (unpaired) electrons. The van der Waals surface area contributed by atoms with E-state index in [-0.39, 0.29) is 0 Å². The van der Waals surface area contributed by atoms with Gasteiger partial charge in [-0.05, 0) is 55.3 Å². The van der Waals surface area contributed by atoms with Gasteiger partial charge in [0.15, 0.2) is 0 Å². The Morgan fingerprint density at radius 1 is 1.11 bits per heavy atom. The Morgan fingerprint density at radius 3 is 2.56 bits per heavy atom. The summed E-state index contributed by atoms with van der Waals surface area (Å²) in [5, 5.41) is 3.56. The molecule has 1 aromatic rings. The van der Waals surface area contributed by atoms with Crippen molar-refractivity contribution in [1.29, 1.82) is 0 Å². The molecule has 2 nitrogen and oxygen atoms in total. The summed E-state index contributed by atoms with van der Waals surface area (Å²) in [5.74, 6) is 0. The molecule has 1 atom stereocenters. The molecule has 2 heterocycles. The fourth-order valence-electron chi connectivity index (χ4n) is 4.22. The zero-order chi connectivity index (χ0) is 12.0. The molecule has 0 amide bonds. The number of hydrogen-bond donors (Lipinski definition) is 1. The molecule has 1 aliphatic carbocycles. The molecule has 2 aliphatic heterocycles. The summed E-state index contributed by atoms with van der Waals surface area (Å²) in [7, 11) is 0. The van der Waals surface area contributed by atoms with E-state index in [2.05, 4.69) is 34.5 Å². The smallest absolute Gasteiger partial charge is 0.0176 e. The van der Waals surface area contributed by atoms with E-state index in [1.165, 1.54) is 51.9 Å². The highest BCUT2D eigenvalue weighted by molar-refractivity contribution is 5.33. The van der Waals surface area contributed by atoms with Gasteiger partial charge in [-0.25, -0.2) is 0 Å². The molecule has 18 heavy (non-hydrogen) atoms. The molecule has 4 rings (SSSR count). The van der Waals surface area contributed by atoms with E-state index in [0.717, 1.165) is 6.04 Å². The van der Waals surface area contributed by atoms with E-state index < -0.39 is 0 Å². The Hall–Kier alpha value is -0.860. The number of rotatable bonds is 1. The SMILES string of the molecule is c1ccc2c(c1)CC(N1CCC3(CCNC3)C1)C2. The topological polar surface area (TPSA) is 15.3 Å². The van der Waals surface area contributed by atoms with Gasteiger partial charge in [-0.2, -0.15) is 0 Å². The lowest BCUT2D eigenvalue weighted by atomic mass is 9.86. The van der Waals surface area contributed by atoms with Gasteiger partial charge in [-0.3, -0.25) is 4.90 Å². The van der Waals surface area contributed by atoms with Crippen LogP contribution < -0.4 is 5.32 Å². The molecule has 2 fully saturated rings. The van der Waals surface area contributed by atoms with Crippen LogP contribution in [0.3, 0.4) is 0 Å². The summed E-state index contributed by atoms with van der Waals surface area (Å²) < 4.78 is 0. The van der Waals surface area contributed by atoms with Crippen LogP contribution in [0.2, 0.25) is 0 Å². The Labute approximate surface area is 109 Å². The summed E-state index contributed by atoms with van der Waals surface area (Å²) >= 11 is 0. The van der Waals surface area contributed by atoms with Crippen molar-refractivity contribution >= 4 is 0 Å². The Balaban J connectivity index is 1.48. The van der Waals surface area contributed by atoms with Crippen LogP contribution in [0.25, 0.3) is 0 Å². The maximum absolute atomic E-state index is 3.56. The van der Waals surface area contributed by atoms with Gasteiger partial charge in [-0.1, -0.05) is 24.3 Å².